The predicted molar refractivity (Wildman–Crippen MR) is 77.7 cm³/mol. The van der Waals surface area contributed by atoms with Crippen LogP contribution in [0, 0.1) is 11.3 Å². The summed E-state index contributed by atoms with van der Waals surface area (Å²) >= 11 is 3.17. The molecule has 0 heterocycles. The number of alkyl halides is 3. The van der Waals surface area contributed by atoms with Gasteiger partial charge in [-0.25, -0.2) is 0 Å². The Morgan fingerprint density at radius 1 is 1.10 bits per heavy atom. The van der Waals surface area contributed by atoms with Gasteiger partial charge in [0.25, 0.3) is 0 Å². The van der Waals surface area contributed by atoms with Gasteiger partial charge in [-0.2, -0.15) is 18.4 Å². The third-order valence-electron chi connectivity index (χ3n) is 2.86. The zero-order chi connectivity index (χ0) is 15.5. The van der Waals surface area contributed by atoms with Gasteiger partial charge in [0, 0.05) is 10.2 Å². The zero-order valence-corrected chi connectivity index (χ0v) is 12.2. The van der Waals surface area contributed by atoms with Crippen molar-refractivity contribution < 1.29 is 13.2 Å². The molecule has 2 aromatic carbocycles. The number of hydrogen-bond donors (Lipinski definition) is 1. The van der Waals surface area contributed by atoms with Crippen molar-refractivity contribution in [3.63, 3.8) is 0 Å². The lowest BCUT2D eigenvalue weighted by molar-refractivity contribution is -0.144. The van der Waals surface area contributed by atoms with Crippen LogP contribution >= 0.6 is 15.9 Å². The maximum absolute atomic E-state index is 13.2. The number of nitrogens with one attached hydrogen (secondary N) is 1. The molecule has 2 rings (SSSR count). The van der Waals surface area contributed by atoms with E-state index in [1.165, 1.54) is 30.3 Å². The highest BCUT2D eigenvalue weighted by molar-refractivity contribution is 9.10. The number of anilines is 1. The molecule has 0 bridgehead atoms. The lowest BCUT2D eigenvalue weighted by atomic mass is 10.1. The summed E-state index contributed by atoms with van der Waals surface area (Å²) in [6.07, 6.45) is -4.44. The first kappa shape index (κ1) is 15.4. The smallest absolute Gasteiger partial charge is 0.369 e. The monoisotopic (exact) mass is 354 g/mol. The largest absolute Gasteiger partial charge is 0.412 e. The van der Waals surface area contributed by atoms with Gasteiger partial charge in [0.15, 0.2) is 0 Å². The van der Waals surface area contributed by atoms with Crippen LogP contribution < -0.4 is 5.32 Å². The highest BCUT2D eigenvalue weighted by Crippen LogP contribution is 2.37. The van der Waals surface area contributed by atoms with Gasteiger partial charge < -0.3 is 5.32 Å². The first-order valence-corrected chi connectivity index (χ1v) is 6.79. The highest BCUT2D eigenvalue weighted by atomic mass is 79.9. The van der Waals surface area contributed by atoms with Gasteiger partial charge in [0.1, 0.15) is 6.04 Å². The molecule has 0 saturated carbocycles. The van der Waals surface area contributed by atoms with Gasteiger partial charge in [-0.05, 0) is 39.7 Å². The minimum Gasteiger partial charge on any atom is -0.369 e. The van der Waals surface area contributed by atoms with Crippen molar-refractivity contribution in [3.8, 4) is 6.07 Å². The van der Waals surface area contributed by atoms with Crippen molar-refractivity contribution in [3.05, 3.63) is 64.1 Å². The molecule has 0 aliphatic carbocycles. The molecule has 0 aliphatic rings. The third-order valence-corrected chi connectivity index (χ3v) is 3.51. The van der Waals surface area contributed by atoms with Gasteiger partial charge in [0.2, 0.25) is 0 Å². The molecule has 0 aliphatic heterocycles. The van der Waals surface area contributed by atoms with Crippen LogP contribution in [0.1, 0.15) is 17.2 Å². The minimum atomic E-state index is -4.44. The fourth-order valence-electron chi connectivity index (χ4n) is 1.86. The van der Waals surface area contributed by atoms with E-state index in [4.69, 9.17) is 5.26 Å². The van der Waals surface area contributed by atoms with E-state index in [0.717, 1.165) is 0 Å². The van der Waals surface area contributed by atoms with E-state index in [9.17, 15) is 13.2 Å². The average Bonchev–Trinajstić information content (AvgIpc) is 2.45. The number of hydrogen-bond acceptors (Lipinski definition) is 2. The zero-order valence-electron chi connectivity index (χ0n) is 10.7. The Hall–Kier alpha value is -2.00. The molecule has 1 atom stereocenters. The summed E-state index contributed by atoms with van der Waals surface area (Å²) in [6.45, 7) is 0. The van der Waals surface area contributed by atoms with E-state index < -0.39 is 12.2 Å². The number of nitrogens with zero attached hydrogens (tertiary/aromatic N) is 1. The lowest BCUT2D eigenvalue weighted by Gasteiger charge is -2.23. The van der Waals surface area contributed by atoms with Crippen LogP contribution in [0.25, 0.3) is 0 Å². The van der Waals surface area contributed by atoms with Crippen LogP contribution in [-0.2, 0) is 0 Å². The third kappa shape index (κ3) is 3.76. The highest BCUT2D eigenvalue weighted by Gasteiger charge is 2.41. The van der Waals surface area contributed by atoms with Crippen molar-refractivity contribution in [1.29, 1.82) is 5.26 Å². The fraction of sp³-hybridized carbons (Fsp3) is 0.133. The molecular weight excluding hydrogens is 345 g/mol. The van der Waals surface area contributed by atoms with Crippen LogP contribution in [0.4, 0.5) is 18.9 Å². The van der Waals surface area contributed by atoms with E-state index in [0.29, 0.717) is 10.0 Å². The van der Waals surface area contributed by atoms with E-state index in [1.807, 2.05) is 6.07 Å². The van der Waals surface area contributed by atoms with Crippen molar-refractivity contribution in [2.45, 2.75) is 12.2 Å². The summed E-state index contributed by atoms with van der Waals surface area (Å²) in [4.78, 5) is 0. The molecule has 2 aromatic rings. The van der Waals surface area contributed by atoms with Gasteiger partial charge in [-0.3, -0.25) is 0 Å². The van der Waals surface area contributed by atoms with Gasteiger partial charge in [-0.15, -0.1) is 0 Å². The number of nitriles is 1. The van der Waals surface area contributed by atoms with Crippen LogP contribution in [0.15, 0.2) is 53.0 Å². The molecular formula is C15H10BrF3N2. The summed E-state index contributed by atoms with van der Waals surface area (Å²) in [5.41, 5.74) is 0.775. The molecule has 0 radical (unpaired) electrons. The van der Waals surface area contributed by atoms with Crippen LogP contribution in [0.3, 0.4) is 0 Å². The van der Waals surface area contributed by atoms with Gasteiger partial charge in [0.05, 0.1) is 11.6 Å². The second-order valence-electron chi connectivity index (χ2n) is 4.34. The molecule has 1 unspecified atom stereocenters. The maximum Gasteiger partial charge on any atom is 0.412 e. The second kappa shape index (κ2) is 6.19. The lowest BCUT2D eigenvalue weighted by Crippen LogP contribution is -2.28. The van der Waals surface area contributed by atoms with Gasteiger partial charge >= 0.3 is 6.18 Å². The van der Waals surface area contributed by atoms with E-state index >= 15 is 0 Å². The molecule has 1 N–H and O–H groups in total. The minimum absolute atomic E-state index is 0.126. The summed E-state index contributed by atoms with van der Waals surface area (Å²) < 4.78 is 40.1. The number of benzene rings is 2. The predicted octanol–water partition coefficient (Wildman–Crippen LogP) is 5.04. The SMILES string of the molecule is N#Cc1ccc(NC(c2ccccc2)C(F)(F)F)c(Br)c1. The van der Waals surface area contributed by atoms with Crippen molar-refractivity contribution in [2.75, 3.05) is 5.32 Å². The van der Waals surface area contributed by atoms with Crippen LogP contribution in [0.5, 0.6) is 0 Å². The molecule has 0 aromatic heterocycles. The van der Waals surface area contributed by atoms with Crippen molar-refractivity contribution in [1.82, 2.24) is 0 Å². The summed E-state index contributed by atoms with van der Waals surface area (Å²) in [5.74, 6) is 0. The Morgan fingerprint density at radius 3 is 2.29 bits per heavy atom. The Kier molecular flexibility index (Phi) is 4.53. The van der Waals surface area contributed by atoms with Crippen LogP contribution in [0.2, 0.25) is 0 Å². The van der Waals surface area contributed by atoms with E-state index in [1.54, 1.807) is 18.2 Å². The number of halogens is 4. The Bertz CT molecular complexity index is 663. The molecule has 0 spiro atoms. The normalized spacial score (nSPS) is 12.5. The molecule has 0 saturated heterocycles. The summed E-state index contributed by atoms with van der Waals surface area (Å²) in [6, 6.07) is 12.1. The average molecular weight is 355 g/mol. The summed E-state index contributed by atoms with van der Waals surface area (Å²) in [5, 5.41) is 11.2. The molecule has 21 heavy (non-hydrogen) atoms. The first-order chi connectivity index (χ1) is 9.91. The van der Waals surface area contributed by atoms with Crippen molar-refractivity contribution >= 4 is 21.6 Å². The summed E-state index contributed by atoms with van der Waals surface area (Å²) in [7, 11) is 0. The Morgan fingerprint density at radius 2 is 1.76 bits per heavy atom. The van der Waals surface area contributed by atoms with E-state index in [-0.39, 0.29) is 11.3 Å². The van der Waals surface area contributed by atoms with Crippen LogP contribution in [-0.4, -0.2) is 6.18 Å². The Balaban J connectivity index is 2.35. The molecule has 2 nitrogen and oxygen atoms in total. The Labute approximate surface area is 128 Å². The molecule has 0 fully saturated rings. The molecule has 0 amide bonds. The maximum atomic E-state index is 13.2. The molecule has 108 valence electrons. The first-order valence-electron chi connectivity index (χ1n) is 5.99. The quantitative estimate of drug-likeness (QED) is 0.838. The molecule has 6 heteroatoms. The van der Waals surface area contributed by atoms with Crippen molar-refractivity contribution in [2.24, 2.45) is 0 Å². The standard InChI is InChI=1S/C15H10BrF3N2/c16-12-8-10(9-20)6-7-13(12)21-14(15(17,18)19)11-4-2-1-3-5-11/h1-8,14,21H. The topological polar surface area (TPSA) is 35.8 Å². The fourth-order valence-corrected chi connectivity index (χ4v) is 2.35. The van der Waals surface area contributed by atoms with Gasteiger partial charge in [-0.1, -0.05) is 30.3 Å². The number of rotatable bonds is 3. The van der Waals surface area contributed by atoms with E-state index in [2.05, 4.69) is 21.2 Å². The second-order valence-corrected chi connectivity index (χ2v) is 5.19.